The van der Waals surface area contributed by atoms with Crippen LogP contribution in [0.2, 0.25) is 0 Å². The van der Waals surface area contributed by atoms with Crippen LogP contribution in [0.25, 0.3) is 0 Å². The van der Waals surface area contributed by atoms with E-state index in [2.05, 4.69) is 31.9 Å². The van der Waals surface area contributed by atoms with Crippen LogP contribution in [0, 0.1) is 0 Å². The number of urea groups is 1. The first-order chi connectivity index (χ1) is 11.8. The molecule has 0 radical (unpaired) electrons. The second kappa shape index (κ2) is 7.03. The van der Waals surface area contributed by atoms with E-state index in [9.17, 15) is 14.4 Å². The van der Waals surface area contributed by atoms with Gasteiger partial charge in [-0.25, -0.2) is 4.79 Å². The Morgan fingerprint density at radius 2 is 2.12 bits per heavy atom. The van der Waals surface area contributed by atoms with Gasteiger partial charge in [-0.05, 0) is 44.9 Å². The molecule has 0 bridgehead atoms. The van der Waals surface area contributed by atoms with Gasteiger partial charge in [0, 0.05) is 23.1 Å². The first kappa shape index (κ1) is 17.7. The van der Waals surface area contributed by atoms with Crippen LogP contribution < -0.4 is 16.0 Å². The van der Waals surface area contributed by atoms with Gasteiger partial charge in [-0.15, -0.1) is 0 Å². The highest BCUT2D eigenvalue weighted by Crippen LogP contribution is 2.30. The van der Waals surface area contributed by atoms with Crippen molar-refractivity contribution in [3.05, 3.63) is 28.2 Å². The molecule has 1 saturated heterocycles. The number of fused-ring (bicyclic) bond motifs is 2. The van der Waals surface area contributed by atoms with Gasteiger partial charge < -0.3 is 20.9 Å². The van der Waals surface area contributed by atoms with E-state index < -0.39 is 6.04 Å². The summed E-state index contributed by atoms with van der Waals surface area (Å²) in [7, 11) is 0. The Bertz CT molecular complexity index is 722. The Labute approximate surface area is 154 Å². The van der Waals surface area contributed by atoms with E-state index in [0.29, 0.717) is 30.6 Å². The summed E-state index contributed by atoms with van der Waals surface area (Å²) in [5.74, 6) is -0.380. The van der Waals surface area contributed by atoms with Crippen LogP contribution in [0.3, 0.4) is 0 Å². The van der Waals surface area contributed by atoms with Crippen LogP contribution in [0.15, 0.2) is 22.7 Å². The third-order valence-corrected chi connectivity index (χ3v) is 4.88. The van der Waals surface area contributed by atoms with Crippen molar-refractivity contribution in [2.24, 2.45) is 0 Å². The number of rotatable bonds is 2. The van der Waals surface area contributed by atoms with Gasteiger partial charge in [-0.1, -0.05) is 15.9 Å². The van der Waals surface area contributed by atoms with Crippen LogP contribution in [0.5, 0.6) is 0 Å². The number of hydrogen-bond acceptors (Lipinski definition) is 3. The van der Waals surface area contributed by atoms with Crippen molar-refractivity contribution in [1.29, 1.82) is 0 Å². The summed E-state index contributed by atoms with van der Waals surface area (Å²) >= 11 is 3.36. The van der Waals surface area contributed by atoms with Crippen LogP contribution in [-0.2, 0) is 4.79 Å². The molecule has 4 amide bonds. The number of piperidine rings is 1. The highest BCUT2D eigenvalue weighted by Gasteiger charge is 2.40. The first-order valence-corrected chi connectivity index (χ1v) is 9.13. The molecule has 7 nitrogen and oxygen atoms in total. The lowest BCUT2D eigenvalue weighted by molar-refractivity contribution is -0.121. The second-order valence-electron chi connectivity index (χ2n) is 6.69. The van der Waals surface area contributed by atoms with Gasteiger partial charge in [0.15, 0.2) is 0 Å². The molecule has 2 atom stereocenters. The first-order valence-electron chi connectivity index (χ1n) is 8.33. The molecule has 3 N–H and O–H groups in total. The van der Waals surface area contributed by atoms with Crippen molar-refractivity contribution >= 4 is 39.5 Å². The van der Waals surface area contributed by atoms with Crippen LogP contribution in [0.1, 0.15) is 37.0 Å². The van der Waals surface area contributed by atoms with Crippen LogP contribution >= 0.6 is 15.9 Å². The molecule has 1 fully saturated rings. The number of nitrogens with zero attached hydrogens (tertiary/aromatic N) is 1. The van der Waals surface area contributed by atoms with Crippen molar-refractivity contribution in [2.75, 3.05) is 11.9 Å². The molecule has 134 valence electrons. The Morgan fingerprint density at radius 1 is 1.36 bits per heavy atom. The minimum atomic E-state index is -0.586. The summed E-state index contributed by atoms with van der Waals surface area (Å²) in [5.41, 5.74) is 1.00. The fraction of sp³-hybridized carbons (Fsp3) is 0.471. The molecule has 0 spiro atoms. The van der Waals surface area contributed by atoms with Gasteiger partial charge in [0.05, 0.1) is 11.3 Å². The number of anilines is 1. The molecular formula is C17H21BrN4O3. The van der Waals surface area contributed by atoms with E-state index in [1.807, 2.05) is 13.8 Å². The smallest absolute Gasteiger partial charge is 0.315 e. The number of nitrogens with one attached hydrogen (secondary N) is 3. The zero-order valence-corrected chi connectivity index (χ0v) is 15.7. The normalized spacial score (nSPS) is 22.6. The van der Waals surface area contributed by atoms with Gasteiger partial charge in [0.2, 0.25) is 5.91 Å². The lowest BCUT2D eigenvalue weighted by Gasteiger charge is -2.37. The van der Waals surface area contributed by atoms with Gasteiger partial charge >= 0.3 is 6.03 Å². The maximum Gasteiger partial charge on any atom is 0.315 e. The summed E-state index contributed by atoms with van der Waals surface area (Å²) in [6.07, 6.45) is 1.02. The molecule has 1 aromatic carbocycles. The molecule has 2 aliphatic heterocycles. The number of carbonyl (C=O) groups is 3. The average molecular weight is 409 g/mol. The van der Waals surface area contributed by atoms with Crippen LogP contribution in [-0.4, -0.2) is 47.4 Å². The van der Waals surface area contributed by atoms with Gasteiger partial charge in [-0.3, -0.25) is 9.59 Å². The largest absolute Gasteiger partial charge is 0.336 e. The maximum atomic E-state index is 12.9. The van der Waals surface area contributed by atoms with Crippen molar-refractivity contribution in [3.8, 4) is 0 Å². The summed E-state index contributed by atoms with van der Waals surface area (Å²) < 4.78 is 0.786. The van der Waals surface area contributed by atoms with Gasteiger partial charge in [0.25, 0.3) is 5.91 Å². The average Bonchev–Trinajstić information content (AvgIpc) is 2.63. The standard InChI is InChI=1S/C17H21BrN4O3/c1-9(2)19-17(25)20-11-5-6-22-14(8-11)15(23)21-13-4-3-10(18)7-12(13)16(22)24/h3-4,7,9,11,14H,5-6,8H2,1-2H3,(H,21,23)(H2,19,20,25)/t11-,14-/m0/s1. The zero-order valence-electron chi connectivity index (χ0n) is 14.1. The van der Waals surface area contributed by atoms with Crippen molar-refractivity contribution in [2.45, 2.75) is 44.8 Å². The minimum absolute atomic E-state index is 0.0378. The molecular weight excluding hydrogens is 388 g/mol. The Morgan fingerprint density at radius 3 is 2.84 bits per heavy atom. The number of carbonyl (C=O) groups excluding carboxylic acids is 3. The highest BCUT2D eigenvalue weighted by atomic mass is 79.9. The third-order valence-electron chi connectivity index (χ3n) is 4.39. The lowest BCUT2D eigenvalue weighted by atomic mass is 9.96. The predicted octanol–water partition coefficient (Wildman–Crippen LogP) is 2.08. The minimum Gasteiger partial charge on any atom is -0.336 e. The topological polar surface area (TPSA) is 90.5 Å². The van der Waals surface area contributed by atoms with Crippen molar-refractivity contribution in [1.82, 2.24) is 15.5 Å². The molecule has 0 aromatic heterocycles. The fourth-order valence-corrected chi connectivity index (χ4v) is 3.61. The van der Waals surface area contributed by atoms with E-state index in [1.165, 1.54) is 0 Å². The second-order valence-corrected chi connectivity index (χ2v) is 7.60. The zero-order chi connectivity index (χ0) is 18.1. The monoisotopic (exact) mass is 408 g/mol. The van der Waals surface area contributed by atoms with Crippen LogP contribution in [0.4, 0.5) is 10.5 Å². The molecule has 2 heterocycles. The molecule has 0 saturated carbocycles. The summed E-state index contributed by atoms with van der Waals surface area (Å²) in [4.78, 5) is 39.0. The van der Waals surface area contributed by atoms with Gasteiger partial charge in [0.1, 0.15) is 6.04 Å². The van der Waals surface area contributed by atoms with E-state index >= 15 is 0 Å². The van der Waals surface area contributed by atoms with E-state index in [0.717, 1.165) is 4.47 Å². The SMILES string of the molecule is CC(C)NC(=O)N[C@H]1CCN2C(=O)c3cc(Br)ccc3NC(=O)[C@@H]2C1. The molecule has 1 aromatic rings. The number of amides is 4. The lowest BCUT2D eigenvalue weighted by Crippen LogP contribution is -2.56. The van der Waals surface area contributed by atoms with E-state index in [1.54, 1.807) is 23.1 Å². The third kappa shape index (κ3) is 3.78. The van der Waals surface area contributed by atoms with Crippen molar-refractivity contribution < 1.29 is 14.4 Å². The maximum absolute atomic E-state index is 12.9. The Balaban J connectivity index is 1.77. The summed E-state index contributed by atoms with van der Waals surface area (Å²) in [5, 5.41) is 8.51. The van der Waals surface area contributed by atoms with E-state index in [4.69, 9.17) is 0 Å². The number of halogens is 1. The quantitative estimate of drug-likeness (QED) is 0.699. The Hall–Kier alpha value is -2.09. The highest BCUT2D eigenvalue weighted by molar-refractivity contribution is 9.10. The molecule has 2 aliphatic rings. The fourth-order valence-electron chi connectivity index (χ4n) is 3.25. The van der Waals surface area contributed by atoms with E-state index in [-0.39, 0.29) is 29.9 Å². The summed E-state index contributed by atoms with van der Waals surface area (Å²) in [6, 6.07) is 4.29. The molecule has 0 unspecified atom stereocenters. The number of benzene rings is 1. The van der Waals surface area contributed by atoms with Crippen molar-refractivity contribution in [3.63, 3.8) is 0 Å². The molecule has 3 rings (SSSR count). The number of hydrogen-bond donors (Lipinski definition) is 3. The van der Waals surface area contributed by atoms with Gasteiger partial charge in [-0.2, -0.15) is 0 Å². The molecule has 0 aliphatic carbocycles. The Kier molecular flexibility index (Phi) is 4.99. The summed E-state index contributed by atoms with van der Waals surface area (Å²) in [6.45, 7) is 4.19. The molecule has 8 heteroatoms. The molecule has 25 heavy (non-hydrogen) atoms. The predicted molar refractivity (Wildman–Crippen MR) is 97.4 cm³/mol.